The molecule has 0 radical (unpaired) electrons. The van der Waals surface area contributed by atoms with Gasteiger partial charge in [0.1, 0.15) is 0 Å². The van der Waals surface area contributed by atoms with Gasteiger partial charge in [-0.05, 0) is 23.8 Å². The number of rotatable bonds is 2. The second kappa shape index (κ2) is 4.29. The van der Waals surface area contributed by atoms with Crippen molar-refractivity contribution in [1.82, 2.24) is 0 Å². The fourth-order valence-electron chi connectivity index (χ4n) is 1.66. The summed E-state index contributed by atoms with van der Waals surface area (Å²) in [5.41, 5.74) is 1.98. The van der Waals surface area contributed by atoms with Gasteiger partial charge in [-0.1, -0.05) is 48.6 Å². The van der Waals surface area contributed by atoms with E-state index in [0.29, 0.717) is 0 Å². The molecule has 0 amide bonds. The van der Waals surface area contributed by atoms with Crippen LogP contribution in [0.1, 0.15) is 12.8 Å². The Kier molecular flexibility index (Phi) is 2.85. The SMILES string of the molecule is OB(C1=CCCC=C1)c1ccccc1. The molecule has 14 heavy (non-hydrogen) atoms. The zero-order valence-electron chi connectivity index (χ0n) is 8.06. The summed E-state index contributed by atoms with van der Waals surface area (Å²) in [7, 11) is 0. The molecule has 0 aliphatic heterocycles. The topological polar surface area (TPSA) is 20.2 Å². The third kappa shape index (κ3) is 1.96. The van der Waals surface area contributed by atoms with Gasteiger partial charge in [0, 0.05) is 0 Å². The van der Waals surface area contributed by atoms with Crippen LogP contribution < -0.4 is 5.46 Å². The molecule has 0 atom stereocenters. The third-order valence-corrected chi connectivity index (χ3v) is 2.45. The maximum absolute atomic E-state index is 10.0. The first kappa shape index (κ1) is 9.29. The Morgan fingerprint density at radius 3 is 2.50 bits per heavy atom. The average Bonchev–Trinajstić information content (AvgIpc) is 2.30. The van der Waals surface area contributed by atoms with Gasteiger partial charge in [0.2, 0.25) is 0 Å². The highest BCUT2D eigenvalue weighted by Crippen LogP contribution is 2.11. The molecule has 1 N–H and O–H groups in total. The van der Waals surface area contributed by atoms with Crippen molar-refractivity contribution in [3.05, 3.63) is 54.0 Å². The van der Waals surface area contributed by atoms with Crippen LogP contribution in [0.3, 0.4) is 0 Å². The van der Waals surface area contributed by atoms with Crippen LogP contribution in [0.15, 0.2) is 54.0 Å². The van der Waals surface area contributed by atoms with Crippen LogP contribution in [0.4, 0.5) is 0 Å². The van der Waals surface area contributed by atoms with Gasteiger partial charge >= 0.3 is 6.92 Å². The Morgan fingerprint density at radius 2 is 1.86 bits per heavy atom. The molecule has 1 aliphatic rings. The average molecular weight is 184 g/mol. The molecule has 0 bridgehead atoms. The van der Waals surface area contributed by atoms with Crippen LogP contribution in [-0.4, -0.2) is 11.9 Å². The monoisotopic (exact) mass is 184 g/mol. The van der Waals surface area contributed by atoms with Crippen molar-refractivity contribution in [2.75, 3.05) is 0 Å². The molecule has 1 aromatic carbocycles. The van der Waals surface area contributed by atoms with Gasteiger partial charge in [0.05, 0.1) is 0 Å². The van der Waals surface area contributed by atoms with Gasteiger partial charge in [0.25, 0.3) is 0 Å². The molecule has 1 aromatic rings. The Labute approximate surface area is 84.9 Å². The van der Waals surface area contributed by atoms with Crippen LogP contribution in [0, 0.1) is 0 Å². The standard InChI is InChI=1S/C12H13BO/c14-13(11-7-3-1-4-8-11)12-9-5-2-6-10-12/h1,3-5,7-10,14H,2,6H2. The summed E-state index contributed by atoms with van der Waals surface area (Å²) in [6.45, 7) is -0.465. The second-order valence-corrected chi connectivity index (χ2v) is 3.50. The lowest BCUT2D eigenvalue weighted by Gasteiger charge is -2.10. The van der Waals surface area contributed by atoms with Crippen molar-refractivity contribution in [2.45, 2.75) is 12.8 Å². The first-order valence-electron chi connectivity index (χ1n) is 4.97. The summed E-state index contributed by atoms with van der Waals surface area (Å²) in [4.78, 5) is 0. The third-order valence-electron chi connectivity index (χ3n) is 2.45. The number of hydrogen-bond acceptors (Lipinski definition) is 1. The largest absolute Gasteiger partial charge is 0.443 e. The van der Waals surface area contributed by atoms with Crippen LogP contribution in [0.2, 0.25) is 0 Å². The minimum Gasteiger partial charge on any atom is -0.443 e. The van der Waals surface area contributed by atoms with Crippen molar-refractivity contribution in [3.8, 4) is 0 Å². The predicted molar refractivity (Wildman–Crippen MR) is 60.5 cm³/mol. The van der Waals surface area contributed by atoms with Crippen LogP contribution in [-0.2, 0) is 0 Å². The first-order valence-corrected chi connectivity index (χ1v) is 4.97. The van der Waals surface area contributed by atoms with Crippen molar-refractivity contribution in [3.63, 3.8) is 0 Å². The van der Waals surface area contributed by atoms with E-state index in [2.05, 4.69) is 12.2 Å². The molecule has 0 saturated carbocycles. The van der Waals surface area contributed by atoms with E-state index < -0.39 is 6.92 Å². The van der Waals surface area contributed by atoms with Crippen molar-refractivity contribution in [1.29, 1.82) is 0 Å². The zero-order valence-corrected chi connectivity index (χ0v) is 8.06. The molecule has 0 aromatic heterocycles. The van der Waals surface area contributed by atoms with E-state index in [4.69, 9.17) is 0 Å². The van der Waals surface area contributed by atoms with Gasteiger partial charge in [-0.15, -0.1) is 0 Å². The number of hydrogen-bond donors (Lipinski definition) is 1. The lowest BCUT2D eigenvalue weighted by molar-refractivity contribution is 0.595. The Balaban J connectivity index is 2.20. The van der Waals surface area contributed by atoms with Gasteiger partial charge < -0.3 is 5.02 Å². The molecule has 1 aliphatic carbocycles. The van der Waals surface area contributed by atoms with Gasteiger partial charge in [-0.3, -0.25) is 0 Å². The van der Waals surface area contributed by atoms with Gasteiger partial charge in [-0.25, -0.2) is 0 Å². The lowest BCUT2D eigenvalue weighted by atomic mass is 9.54. The second-order valence-electron chi connectivity index (χ2n) is 3.50. The smallest absolute Gasteiger partial charge is 0.358 e. The lowest BCUT2D eigenvalue weighted by Crippen LogP contribution is -2.32. The molecular weight excluding hydrogens is 171 g/mol. The highest BCUT2D eigenvalue weighted by molar-refractivity contribution is 6.73. The van der Waals surface area contributed by atoms with Crippen LogP contribution >= 0.6 is 0 Å². The Morgan fingerprint density at radius 1 is 1.07 bits per heavy atom. The van der Waals surface area contributed by atoms with Crippen molar-refractivity contribution in [2.24, 2.45) is 0 Å². The minimum atomic E-state index is -0.465. The molecule has 70 valence electrons. The molecule has 0 spiro atoms. The summed E-state index contributed by atoms with van der Waals surface area (Å²) < 4.78 is 0. The molecule has 0 heterocycles. The molecular formula is C12H13BO. The summed E-state index contributed by atoms with van der Waals surface area (Å²) >= 11 is 0. The van der Waals surface area contributed by atoms with Crippen LogP contribution in [0.5, 0.6) is 0 Å². The van der Waals surface area contributed by atoms with E-state index in [-0.39, 0.29) is 0 Å². The van der Waals surface area contributed by atoms with E-state index in [1.807, 2.05) is 36.4 Å². The van der Waals surface area contributed by atoms with Gasteiger partial charge in [-0.2, -0.15) is 0 Å². The van der Waals surface area contributed by atoms with Crippen molar-refractivity contribution < 1.29 is 5.02 Å². The molecule has 1 nitrogen and oxygen atoms in total. The Bertz CT molecular complexity index is 354. The quantitative estimate of drug-likeness (QED) is 0.693. The van der Waals surface area contributed by atoms with E-state index in [9.17, 15) is 5.02 Å². The highest BCUT2D eigenvalue weighted by atomic mass is 16.2. The molecule has 2 rings (SSSR count). The molecule has 0 fully saturated rings. The summed E-state index contributed by atoms with van der Waals surface area (Å²) in [5.74, 6) is 0. The fourth-order valence-corrected chi connectivity index (χ4v) is 1.66. The zero-order chi connectivity index (χ0) is 9.80. The van der Waals surface area contributed by atoms with E-state index in [1.165, 1.54) is 0 Å². The maximum Gasteiger partial charge on any atom is 0.358 e. The van der Waals surface area contributed by atoms with Crippen molar-refractivity contribution >= 4 is 12.4 Å². The van der Waals surface area contributed by atoms with E-state index in [1.54, 1.807) is 0 Å². The van der Waals surface area contributed by atoms with E-state index in [0.717, 1.165) is 23.8 Å². The fraction of sp³-hybridized carbons (Fsp3) is 0.167. The number of allylic oxidation sites excluding steroid dienone is 4. The molecule has 0 saturated heterocycles. The molecule has 2 heteroatoms. The highest BCUT2D eigenvalue weighted by Gasteiger charge is 2.17. The summed E-state index contributed by atoms with van der Waals surface area (Å²) in [6.07, 6.45) is 8.36. The molecule has 0 unspecified atom stereocenters. The maximum atomic E-state index is 10.0. The first-order chi connectivity index (χ1) is 6.88. The van der Waals surface area contributed by atoms with Crippen LogP contribution in [0.25, 0.3) is 0 Å². The van der Waals surface area contributed by atoms with Gasteiger partial charge in [0.15, 0.2) is 0 Å². The Hall–Kier alpha value is -1.28. The number of benzene rings is 1. The predicted octanol–water partition coefficient (Wildman–Crippen LogP) is 1.69. The minimum absolute atomic E-state index is 0.465. The van der Waals surface area contributed by atoms with E-state index >= 15 is 0 Å². The summed E-state index contributed by atoms with van der Waals surface area (Å²) in [6, 6.07) is 9.76. The normalized spacial score (nSPS) is 15.1. The summed E-state index contributed by atoms with van der Waals surface area (Å²) in [5, 5.41) is 10.0.